The van der Waals surface area contributed by atoms with Crippen LogP contribution in [0.15, 0.2) is 83.3 Å². The minimum Gasteiger partial charge on any atom is -0.457 e. The SMILES string of the molecule is O=C(NNC(=O)c1ccccc1Br)c1cccc(Oc2ccccc2)c1. The number of rotatable bonds is 4. The van der Waals surface area contributed by atoms with Crippen molar-refractivity contribution in [3.05, 3.63) is 94.5 Å². The fraction of sp³-hybridized carbons (Fsp3) is 0. The summed E-state index contributed by atoms with van der Waals surface area (Å²) in [5.41, 5.74) is 5.59. The molecule has 0 fully saturated rings. The van der Waals surface area contributed by atoms with Gasteiger partial charge in [-0.05, 0) is 58.4 Å². The quantitative estimate of drug-likeness (QED) is 0.629. The van der Waals surface area contributed by atoms with Crippen LogP contribution in [0.3, 0.4) is 0 Å². The van der Waals surface area contributed by atoms with E-state index in [2.05, 4.69) is 26.8 Å². The molecule has 0 unspecified atom stereocenters. The Morgan fingerprint density at radius 3 is 2.15 bits per heavy atom. The van der Waals surface area contributed by atoms with E-state index < -0.39 is 11.8 Å². The first-order valence-corrected chi connectivity index (χ1v) is 8.61. The highest BCUT2D eigenvalue weighted by atomic mass is 79.9. The van der Waals surface area contributed by atoms with Gasteiger partial charge < -0.3 is 4.74 Å². The van der Waals surface area contributed by atoms with Crippen molar-refractivity contribution in [2.45, 2.75) is 0 Å². The van der Waals surface area contributed by atoms with Gasteiger partial charge in [-0.25, -0.2) is 0 Å². The smallest absolute Gasteiger partial charge is 0.270 e. The van der Waals surface area contributed by atoms with Gasteiger partial charge >= 0.3 is 0 Å². The second-order valence-electron chi connectivity index (χ2n) is 5.33. The van der Waals surface area contributed by atoms with Gasteiger partial charge in [0.1, 0.15) is 11.5 Å². The molecule has 0 atom stereocenters. The lowest BCUT2D eigenvalue weighted by atomic mass is 10.2. The molecule has 130 valence electrons. The maximum atomic E-state index is 12.3. The first kappa shape index (κ1) is 17.7. The van der Waals surface area contributed by atoms with Crippen LogP contribution < -0.4 is 15.6 Å². The Hall–Kier alpha value is -3.12. The van der Waals surface area contributed by atoms with E-state index in [0.717, 1.165) is 0 Å². The Balaban J connectivity index is 1.64. The van der Waals surface area contributed by atoms with Crippen LogP contribution in [0, 0.1) is 0 Å². The molecule has 0 saturated heterocycles. The number of nitrogens with one attached hydrogen (secondary N) is 2. The minimum absolute atomic E-state index is 0.367. The molecule has 0 aliphatic rings. The van der Waals surface area contributed by atoms with Crippen molar-refractivity contribution in [1.29, 1.82) is 0 Å². The van der Waals surface area contributed by atoms with Crippen molar-refractivity contribution in [2.24, 2.45) is 0 Å². The molecule has 0 aliphatic heterocycles. The largest absolute Gasteiger partial charge is 0.457 e. The van der Waals surface area contributed by atoms with Gasteiger partial charge in [-0.15, -0.1) is 0 Å². The number of carbonyl (C=O) groups excluding carboxylic acids is 2. The zero-order valence-electron chi connectivity index (χ0n) is 13.6. The van der Waals surface area contributed by atoms with Crippen molar-refractivity contribution >= 4 is 27.7 Å². The van der Waals surface area contributed by atoms with E-state index >= 15 is 0 Å². The molecule has 0 bridgehead atoms. The first-order chi connectivity index (χ1) is 12.6. The van der Waals surface area contributed by atoms with E-state index in [0.29, 0.717) is 27.1 Å². The lowest BCUT2D eigenvalue weighted by Gasteiger charge is -2.10. The lowest BCUT2D eigenvalue weighted by Crippen LogP contribution is -2.41. The molecule has 3 rings (SSSR count). The van der Waals surface area contributed by atoms with E-state index in [4.69, 9.17) is 4.74 Å². The Kier molecular flexibility index (Phi) is 5.66. The average molecular weight is 411 g/mol. The maximum absolute atomic E-state index is 12.3. The summed E-state index contributed by atoms with van der Waals surface area (Å²) in [5, 5.41) is 0. The maximum Gasteiger partial charge on any atom is 0.270 e. The summed E-state index contributed by atoms with van der Waals surface area (Å²) in [6.45, 7) is 0. The van der Waals surface area contributed by atoms with Crippen LogP contribution >= 0.6 is 15.9 Å². The molecule has 2 amide bonds. The summed E-state index contributed by atoms with van der Waals surface area (Å²) in [7, 11) is 0. The molecular weight excluding hydrogens is 396 g/mol. The Morgan fingerprint density at radius 1 is 0.731 bits per heavy atom. The van der Waals surface area contributed by atoms with Crippen molar-refractivity contribution in [3.63, 3.8) is 0 Å². The number of para-hydroxylation sites is 1. The van der Waals surface area contributed by atoms with Crippen molar-refractivity contribution < 1.29 is 14.3 Å². The summed E-state index contributed by atoms with van der Waals surface area (Å²) in [5.74, 6) is 0.347. The monoisotopic (exact) mass is 410 g/mol. The zero-order valence-corrected chi connectivity index (χ0v) is 15.2. The van der Waals surface area contributed by atoms with Gasteiger partial charge in [0.25, 0.3) is 11.8 Å². The van der Waals surface area contributed by atoms with Crippen molar-refractivity contribution in [1.82, 2.24) is 10.9 Å². The molecule has 0 aliphatic carbocycles. The van der Waals surface area contributed by atoms with Crippen LogP contribution in [0.5, 0.6) is 11.5 Å². The third-order valence-electron chi connectivity index (χ3n) is 3.48. The highest BCUT2D eigenvalue weighted by molar-refractivity contribution is 9.10. The van der Waals surface area contributed by atoms with Crippen LogP contribution in [0.2, 0.25) is 0 Å². The minimum atomic E-state index is -0.441. The number of amides is 2. The Morgan fingerprint density at radius 2 is 1.38 bits per heavy atom. The fourth-order valence-corrected chi connectivity index (χ4v) is 2.69. The summed E-state index contributed by atoms with van der Waals surface area (Å²) in [6.07, 6.45) is 0. The lowest BCUT2D eigenvalue weighted by molar-refractivity contribution is 0.0846. The normalized spacial score (nSPS) is 10.0. The molecule has 0 saturated carbocycles. The highest BCUT2D eigenvalue weighted by Crippen LogP contribution is 2.21. The highest BCUT2D eigenvalue weighted by Gasteiger charge is 2.12. The molecule has 0 heterocycles. The zero-order chi connectivity index (χ0) is 18.4. The fourth-order valence-electron chi connectivity index (χ4n) is 2.22. The predicted molar refractivity (Wildman–Crippen MR) is 102 cm³/mol. The molecule has 6 heteroatoms. The van der Waals surface area contributed by atoms with Crippen LogP contribution in [0.1, 0.15) is 20.7 Å². The van der Waals surface area contributed by atoms with Gasteiger partial charge in [0.15, 0.2) is 0 Å². The Bertz CT molecular complexity index is 929. The van der Waals surface area contributed by atoms with Crippen molar-refractivity contribution in [2.75, 3.05) is 0 Å². The van der Waals surface area contributed by atoms with Gasteiger partial charge in [0, 0.05) is 10.0 Å². The predicted octanol–water partition coefficient (Wildman–Crippen LogP) is 4.32. The molecule has 3 aromatic carbocycles. The molecule has 0 radical (unpaired) electrons. The molecular formula is C20H15BrN2O3. The molecule has 2 N–H and O–H groups in total. The third kappa shape index (κ3) is 4.49. The van der Waals surface area contributed by atoms with Gasteiger partial charge in [0.2, 0.25) is 0 Å². The number of benzene rings is 3. The van der Waals surface area contributed by atoms with Gasteiger partial charge in [0.05, 0.1) is 5.56 Å². The number of hydrogen-bond acceptors (Lipinski definition) is 3. The van der Waals surface area contributed by atoms with Crippen LogP contribution in [0.25, 0.3) is 0 Å². The van der Waals surface area contributed by atoms with E-state index in [1.807, 2.05) is 30.3 Å². The number of hydrazine groups is 1. The van der Waals surface area contributed by atoms with E-state index in [-0.39, 0.29) is 0 Å². The molecule has 26 heavy (non-hydrogen) atoms. The Labute approximate surface area is 159 Å². The topological polar surface area (TPSA) is 67.4 Å². The van der Waals surface area contributed by atoms with Crippen LogP contribution in [-0.2, 0) is 0 Å². The molecule has 3 aromatic rings. The van der Waals surface area contributed by atoms with E-state index in [1.54, 1.807) is 48.5 Å². The summed E-state index contributed by atoms with van der Waals surface area (Å²) in [4.78, 5) is 24.4. The van der Waals surface area contributed by atoms with Gasteiger partial charge in [-0.3, -0.25) is 20.4 Å². The third-order valence-corrected chi connectivity index (χ3v) is 4.17. The van der Waals surface area contributed by atoms with Gasteiger partial charge in [-0.1, -0.05) is 36.4 Å². The van der Waals surface area contributed by atoms with Gasteiger partial charge in [-0.2, -0.15) is 0 Å². The molecule has 0 aromatic heterocycles. The number of ether oxygens (including phenoxy) is 1. The summed E-state index contributed by atoms with van der Waals surface area (Å²) < 4.78 is 6.35. The molecule has 5 nitrogen and oxygen atoms in total. The average Bonchev–Trinajstić information content (AvgIpc) is 2.67. The van der Waals surface area contributed by atoms with Crippen LogP contribution in [0.4, 0.5) is 0 Å². The standard InChI is InChI=1S/C20H15BrN2O3/c21-18-12-5-4-11-17(18)20(25)23-22-19(24)14-7-6-10-16(13-14)26-15-8-2-1-3-9-15/h1-13H,(H,22,24)(H,23,25). The summed E-state index contributed by atoms with van der Waals surface area (Å²) in [6, 6.07) is 22.9. The first-order valence-electron chi connectivity index (χ1n) is 7.81. The van der Waals surface area contributed by atoms with E-state index in [1.165, 1.54) is 0 Å². The second-order valence-corrected chi connectivity index (χ2v) is 6.19. The number of carbonyl (C=O) groups is 2. The number of hydrogen-bond donors (Lipinski definition) is 2. The van der Waals surface area contributed by atoms with Crippen molar-refractivity contribution in [3.8, 4) is 11.5 Å². The number of halogens is 1. The molecule has 0 spiro atoms. The second kappa shape index (κ2) is 8.31. The van der Waals surface area contributed by atoms with Crippen LogP contribution in [-0.4, -0.2) is 11.8 Å². The van der Waals surface area contributed by atoms with E-state index in [9.17, 15) is 9.59 Å². The summed E-state index contributed by atoms with van der Waals surface area (Å²) >= 11 is 3.30.